The average Bonchev–Trinajstić information content (AvgIpc) is 3.11. The topological polar surface area (TPSA) is 67.6 Å². The van der Waals surface area contributed by atoms with Gasteiger partial charge in [0.25, 0.3) is 5.91 Å². The standard InChI is InChI=1S/C19H22ClN3O2/c1-25-18-10-17(21)16(20)9-15(18)19(24)22-11-13-7-8-23(12-13)14-5-3-2-4-6-14/h2-6,9-10,13H,7-8,11-12,21H2,1H3,(H,22,24). The summed E-state index contributed by atoms with van der Waals surface area (Å²) >= 11 is 6.03. The van der Waals surface area contributed by atoms with Crippen molar-refractivity contribution in [1.29, 1.82) is 0 Å². The molecule has 0 radical (unpaired) electrons. The minimum absolute atomic E-state index is 0.197. The van der Waals surface area contributed by atoms with Gasteiger partial charge in [-0.25, -0.2) is 0 Å². The molecule has 3 N–H and O–H groups in total. The Hall–Kier alpha value is -2.40. The number of hydrogen-bond donors (Lipinski definition) is 2. The maximum atomic E-state index is 12.5. The van der Waals surface area contributed by atoms with E-state index in [2.05, 4.69) is 22.3 Å². The Morgan fingerprint density at radius 1 is 1.36 bits per heavy atom. The number of anilines is 2. The Morgan fingerprint density at radius 3 is 2.84 bits per heavy atom. The van der Waals surface area contributed by atoms with Gasteiger partial charge in [-0.3, -0.25) is 4.79 Å². The molecule has 1 saturated heterocycles. The molecule has 1 aliphatic rings. The molecule has 25 heavy (non-hydrogen) atoms. The van der Waals surface area contributed by atoms with Crippen molar-refractivity contribution in [2.45, 2.75) is 6.42 Å². The van der Waals surface area contributed by atoms with E-state index < -0.39 is 0 Å². The van der Waals surface area contributed by atoms with Crippen LogP contribution in [0.1, 0.15) is 16.8 Å². The summed E-state index contributed by atoms with van der Waals surface area (Å²) in [5.74, 6) is 0.646. The highest BCUT2D eigenvalue weighted by atomic mass is 35.5. The molecule has 5 nitrogen and oxygen atoms in total. The molecular formula is C19H22ClN3O2. The molecule has 0 aromatic heterocycles. The monoisotopic (exact) mass is 359 g/mol. The van der Waals surface area contributed by atoms with E-state index in [1.54, 1.807) is 12.1 Å². The van der Waals surface area contributed by atoms with Crippen LogP contribution < -0.4 is 20.7 Å². The first-order valence-electron chi connectivity index (χ1n) is 8.29. The Morgan fingerprint density at radius 2 is 2.12 bits per heavy atom. The van der Waals surface area contributed by atoms with E-state index >= 15 is 0 Å². The van der Waals surface area contributed by atoms with Crippen LogP contribution in [0.5, 0.6) is 5.75 Å². The predicted molar refractivity (Wildman–Crippen MR) is 102 cm³/mol. The molecule has 132 valence electrons. The molecule has 1 heterocycles. The second-order valence-corrected chi connectivity index (χ2v) is 6.63. The minimum atomic E-state index is -0.197. The van der Waals surface area contributed by atoms with Crippen molar-refractivity contribution in [3.05, 3.63) is 53.1 Å². The van der Waals surface area contributed by atoms with Crippen LogP contribution in [0.25, 0.3) is 0 Å². The lowest BCUT2D eigenvalue weighted by Gasteiger charge is -2.19. The second kappa shape index (κ2) is 7.66. The van der Waals surface area contributed by atoms with Gasteiger partial charge >= 0.3 is 0 Å². The van der Waals surface area contributed by atoms with Gasteiger partial charge in [-0.15, -0.1) is 0 Å². The number of nitrogen functional groups attached to an aromatic ring is 1. The third kappa shape index (κ3) is 3.99. The van der Waals surface area contributed by atoms with Gasteiger partial charge in [0.2, 0.25) is 0 Å². The normalized spacial score (nSPS) is 16.7. The molecule has 0 saturated carbocycles. The van der Waals surface area contributed by atoms with Gasteiger partial charge in [0, 0.05) is 31.4 Å². The summed E-state index contributed by atoms with van der Waals surface area (Å²) in [5, 5.41) is 3.34. The van der Waals surface area contributed by atoms with Crippen molar-refractivity contribution in [3.8, 4) is 5.75 Å². The molecule has 1 amide bonds. The molecule has 2 aromatic carbocycles. The zero-order valence-corrected chi connectivity index (χ0v) is 14.9. The third-order valence-electron chi connectivity index (χ3n) is 4.52. The number of amides is 1. The van der Waals surface area contributed by atoms with E-state index in [4.69, 9.17) is 22.1 Å². The number of benzene rings is 2. The van der Waals surface area contributed by atoms with E-state index in [1.165, 1.54) is 12.8 Å². The smallest absolute Gasteiger partial charge is 0.255 e. The van der Waals surface area contributed by atoms with Crippen LogP contribution in [0.2, 0.25) is 5.02 Å². The SMILES string of the molecule is COc1cc(N)c(Cl)cc1C(=O)NCC1CCN(c2ccccc2)C1. The molecule has 1 atom stereocenters. The van der Waals surface area contributed by atoms with Crippen LogP contribution in [0.15, 0.2) is 42.5 Å². The predicted octanol–water partition coefficient (Wildman–Crippen LogP) is 3.19. The molecule has 0 spiro atoms. The first-order valence-corrected chi connectivity index (χ1v) is 8.67. The minimum Gasteiger partial charge on any atom is -0.496 e. The summed E-state index contributed by atoms with van der Waals surface area (Å²) in [6.45, 7) is 2.55. The molecule has 6 heteroatoms. The van der Waals surface area contributed by atoms with E-state index in [0.29, 0.717) is 34.5 Å². The van der Waals surface area contributed by atoms with Crippen LogP contribution in [0.4, 0.5) is 11.4 Å². The zero-order chi connectivity index (χ0) is 17.8. The van der Waals surface area contributed by atoms with Crippen LogP contribution in [-0.4, -0.2) is 32.7 Å². The molecule has 1 aliphatic heterocycles. The van der Waals surface area contributed by atoms with Crippen LogP contribution in [-0.2, 0) is 0 Å². The van der Waals surface area contributed by atoms with Gasteiger partial charge in [-0.05, 0) is 30.5 Å². The Bertz CT molecular complexity index is 752. The summed E-state index contributed by atoms with van der Waals surface area (Å²) in [6.07, 6.45) is 1.05. The number of carbonyl (C=O) groups is 1. The number of carbonyl (C=O) groups excluding carboxylic acids is 1. The van der Waals surface area contributed by atoms with Gasteiger partial charge in [0.1, 0.15) is 5.75 Å². The summed E-state index contributed by atoms with van der Waals surface area (Å²) in [4.78, 5) is 14.8. The maximum Gasteiger partial charge on any atom is 0.255 e. The highest BCUT2D eigenvalue weighted by molar-refractivity contribution is 6.33. The molecule has 3 rings (SSSR count). The van der Waals surface area contributed by atoms with Gasteiger partial charge in [-0.1, -0.05) is 29.8 Å². The quantitative estimate of drug-likeness (QED) is 0.804. The summed E-state index contributed by atoms with van der Waals surface area (Å²) in [6, 6.07) is 13.5. The van der Waals surface area contributed by atoms with E-state index in [9.17, 15) is 4.79 Å². The lowest BCUT2D eigenvalue weighted by atomic mass is 10.1. The molecule has 0 aliphatic carbocycles. The largest absolute Gasteiger partial charge is 0.496 e. The van der Waals surface area contributed by atoms with Crippen LogP contribution in [0.3, 0.4) is 0 Å². The number of hydrogen-bond acceptors (Lipinski definition) is 4. The van der Waals surface area contributed by atoms with Crippen LogP contribution in [0, 0.1) is 5.92 Å². The lowest BCUT2D eigenvalue weighted by Crippen LogP contribution is -2.31. The van der Waals surface area contributed by atoms with Crippen molar-refractivity contribution in [2.75, 3.05) is 37.4 Å². The number of ether oxygens (including phenoxy) is 1. The first-order chi connectivity index (χ1) is 12.1. The maximum absolute atomic E-state index is 12.5. The number of nitrogens with two attached hydrogens (primary N) is 1. The van der Waals surface area contributed by atoms with Crippen molar-refractivity contribution < 1.29 is 9.53 Å². The third-order valence-corrected chi connectivity index (χ3v) is 4.85. The highest BCUT2D eigenvalue weighted by Crippen LogP contribution is 2.29. The van der Waals surface area contributed by atoms with E-state index in [0.717, 1.165) is 19.5 Å². The van der Waals surface area contributed by atoms with Crippen molar-refractivity contribution in [3.63, 3.8) is 0 Å². The van der Waals surface area contributed by atoms with Crippen molar-refractivity contribution in [1.82, 2.24) is 5.32 Å². The first kappa shape index (κ1) is 17.4. The number of nitrogens with zero attached hydrogens (tertiary/aromatic N) is 1. The molecule has 2 aromatic rings. The number of nitrogens with one attached hydrogen (secondary N) is 1. The van der Waals surface area contributed by atoms with Crippen LogP contribution >= 0.6 is 11.6 Å². The average molecular weight is 360 g/mol. The Labute approximate surface area is 152 Å². The molecule has 0 bridgehead atoms. The zero-order valence-electron chi connectivity index (χ0n) is 14.2. The second-order valence-electron chi connectivity index (χ2n) is 6.22. The molecular weight excluding hydrogens is 338 g/mol. The molecule has 1 fully saturated rings. The summed E-state index contributed by atoms with van der Waals surface area (Å²) in [7, 11) is 1.51. The Kier molecular flexibility index (Phi) is 5.34. The lowest BCUT2D eigenvalue weighted by molar-refractivity contribution is 0.0945. The molecule has 1 unspecified atom stereocenters. The Balaban J connectivity index is 1.59. The van der Waals surface area contributed by atoms with E-state index in [-0.39, 0.29) is 5.91 Å². The van der Waals surface area contributed by atoms with E-state index in [1.807, 2.05) is 18.2 Å². The number of para-hydroxylation sites is 1. The highest BCUT2D eigenvalue weighted by Gasteiger charge is 2.24. The fourth-order valence-corrected chi connectivity index (χ4v) is 3.28. The number of halogens is 1. The summed E-state index contributed by atoms with van der Waals surface area (Å²) in [5.41, 5.74) is 7.78. The fourth-order valence-electron chi connectivity index (χ4n) is 3.12. The fraction of sp³-hybridized carbons (Fsp3) is 0.316. The van der Waals surface area contributed by atoms with Gasteiger partial charge in [0.15, 0.2) is 0 Å². The van der Waals surface area contributed by atoms with Gasteiger partial charge < -0.3 is 20.7 Å². The van der Waals surface area contributed by atoms with Crippen molar-refractivity contribution in [2.24, 2.45) is 5.92 Å². The van der Waals surface area contributed by atoms with Gasteiger partial charge in [0.05, 0.1) is 23.4 Å². The number of methoxy groups -OCH3 is 1. The van der Waals surface area contributed by atoms with Gasteiger partial charge in [-0.2, -0.15) is 0 Å². The number of rotatable bonds is 5. The summed E-state index contributed by atoms with van der Waals surface area (Å²) < 4.78 is 5.24. The van der Waals surface area contributed by atoms with Crippen molar-refractivity contribution >= 4 is 28.9 Å².